The summed E-state index contributed by atoms with van der Waals surface area (Å²) >= 11 is 0. The molecule has 1 N–H and O–H groups in total. The predicted octanol–water partition coefficient (Wildman–Crippen LogP) is 4.24. The van der Waals surface area contributed by atoms with Crippen molar-refractivity contribution in [2.75, 3.05) is 24.3 Å². The van der Waals surface area contributed by atoms with Crippen LogP contribution in [-0.2, 0) is 17.5 Å². The number of nitrogens with zero attached hydrogens (tertiary/aromatic N) is 4. The lowest BCUT2D eigenvalue weighted by Gasteiger charge is -2.16. The maximum absolute atomic E-state index is 14.3. The van der Waals surface area contributed by atoms with E-state index in [1.807, 2.05) is 5.32 Å². The summed E-state index contributed by atoms with van der Waals surface area (Å²) in [6, 6.07) is 4.58. The van der Waals surface area contributed by atoms with E-state index in [2.05, 4.69) is 19.6 Å². The highest BCUT2D eigenvalue weighted by molar-refractivity contribution is 5.85. The van der Waals surface area contributed by atoms with Gasteiger partial charge in [-0.15, -0.1) is 0 Å². The van der Waals surface area contributed by atoms with Crippen LogP contribution in [0.25, 0.3) is 11.4 Å². The summed E-state index contributed by atoms with van der Waals surface area (Å²) in [6.07, 6.45) is -4.51. The number of rotatable bonds is 5. The molecule has 13 heteroatoms. The molecule has 2 heterocycles. The van der Waals surface area contributed by atoms with E-state index in [0.717, 1.165) is 0 Å². The maximum atomic E-state index is 14.3. The molecule has 0 unspecified atom stereocenters. The minimum Gasteiger partial charge on any atom is -0.444 e. The Morgan fingerprint density at radius 1 is 1.23 bits per heavy atom. The number of hydrogen-bond acceptors (Lipinski definition) is 7. The Morgan fingerprint density at radius 2 is 1.90 bits per heavy atom. The van der Waals surface area contributed by atoms with Gasteiger partial charge in [-0.3, -0.25) is 5.32 Å². The van der Waals surface area contributed by atoms with E-state index in [9.17, 15) is 26.7 Å². The number of nitrogens with one attached hydrogen (secondary N) is 1. The fourth-order valence-electron chi connectivity index (χ4n) is 2.50. The van der Waals surface area contributed by atoms with Crippen LogP contribution in [0.2, 0.25) is 0 Å². The Labute approximate surface area is 171 Å². The second-order valence-corrected chi connectivity index (χ2v) is 6.32. The van der Waals surface area contributed by atoms with Gasteiger partial charge >= 0.3 is 18.2 Å². The average molecular weight is 443 g/mol. The topological polar surface area (TPSA) is 93.4 Å². The zero-order valence-corrected chi connectivity index (χ0v) is 16.0. The predicted molar refractivity (Wildman–Crippen MR) is 97.0 cm³/mol. The van der Waals surface area contributed by atoms with Gasteiger partial charge in [0.25, 0.3) is 0 Å². The van der Waals surface area contributed by atoms with Crippen molar-refractivity contribution in [1.82, 2.24) is 15.1 Å². The van der Waals surface area contributed by atoms with Crippen LogP contribution >= 0.6 is 0 Å². The molecule has 0 radical (unpaired) electrons. The molecule has 8 nitrogen and oxygen atoms in total. The number of hydrogen-bond donors (Lipinski definition) is 1. The number of aromatic nitrogens is 3. The Morgan fingerprint density at radius 3 is 2.48 bits per heavy atom. The summed E-state index contributed by atoms with van der Waals surface area (Å²) in [4.78, 5) is 20.8. The molecule has 0 spiro atoms. The van der Waals surface area contributed by atoms with Crippen LogP contribution in [-0.4, -0.2) is 35.3 Å². The fraction of sp³-hybridized carbons (Fsp3) is 0.222. The van der Waals surface area contributed by atoms with Crippen LogP contribution in [0.1, 0.15) is 11.5 Å². The van der Waals surface area contributed by atoms with E-state index in [-0.39, 0.29) is 6.61 Å². The van der Waals surface area contributed by atoms with Crippen molar-refractivity contribution >= 4 is 17.6 Å². The molecular formula is C18H14F5N5O3. The maximum Gasteiger partial charge on any atom is 0.471 e. The van der Waals surface area contributed by atoms with E-state index < -0.39 is 46.9 Å². The average Bonchev–Trinajstić information content (AvgIpc) is 3.20. The van der Waals surface area contributed by atoms with Crippen LogP contribution in [0, 0.1) is 11.6 Å². The molecule has 1 amide bonds. The summed E-state index contributed by atoms with van der Waals surface area (Å²) in [6.45, 7) is -0.225. The van der Waals surface area contributed by atoms with E-state index >= 15 is 0 Å². The SMILES string of the molecule is CN(C)c1ncccc1COC(=O)Nc1c(F)cc(-c2noc(C(F)(F)F)n2)cc1F. The van der Waals surface area contributed by atoms with E-state index in [0.29, 0.717) is 23.5 Å². The lowest BCUT2D eigenvalue weighted by Crippen LogP contribution is -2.18. The third kappa shape index (κ3) is 5.05. The summed E-state index contributed by atoms with van der Waals surface area (Å²) in [5.41, 5.74) is -0.719. The molecule has 3 aromatic rings. The summed E-state index contributed by atoms with van der Waals surface area (Å²) in [7, 11) is 3.47. The van der Waals surface area contributed by atoms with Gasteiger partial charge in [-0.2, -0.15) is 18.2 Å². The second-order valence-electron chi connectivity index (χ2n) is 6.32. The Bertz CT molecular complexity index is 1080. The third-order valence-electron chi connectivity index (χ3n) is 3.85. The molecule has 0 atom stereocenters. The van der Waals surface area contributed by atoms with Gasteiger partial charge in [-0.25, -0.2) is 18.6 Å². The normalized spacial score (nSPS) is 11.3. The molecule has 31 heavy (non-hydrogen) atoms. The van der Waals surface area contributed by atoms with Crippen LogP contribution in [0.4, 0.5) is 38.3 Å². The first-order chi connectivity index (χ1) is 14.6. The van der Waals surface area contributed by atoms with Gasteiger partial charge in [0.05, 0.1) is 0 Å². The molecule has 164 valence electrons. The molecule has 0 fully saturated rings. The molecule has 3 rings (SSSR count). The Balaban J connectivity index is 1.72. The number of pyridine rings is 1. The highest BCUT2D eigenvalue weighted by Crippen LogP contribution is 2.31. The Hall–Kier alpha value is -3.77. The molecule has 0 saturated heterocycles. The number of amides is 1. The largest absolute Gasteiger partial charge is 0.471 e. The van der Waals surface area contributed by atoms with Crippen LogP contribution in [0.15, 0.2) is 35.0 Å². The van der Waals surface area contributed by atoms with Crippen LogP contribution < -0.4 is 10.2 Å². The zero-order valence-electron chi connectivity index (χ0n) is 16.0. The minimum absolute atomic E-state index is 0.225. The summed E-state index contributed by atoms with van der Waals surface area (Å²) in [5, 5.41) is 4.97. The summed E-state index contributed by atoms with van der Waals surface area (Å²) < 4.78 is 75.2. The second kappa shape index (κ2) is 8.53. The van der Waals surface area contributed by atoms with Gasteiger partial charge in [0.15, 0.2) is 11.6 Å². The highest BCUT2D eigenvalue weighted by Gasteiger charge is 2.38. The van der Waals surface area contributed by atoms with Crippen molar-refractivity contribution in [3.63, 3.8) is 0 Å². The molecular weight excluding hydrogens is 429 g/mol. The van der Waals surface area contributed by atoms with Crippen LogP contribution in [0.5, 0.6) is 0 Å². The Kier molecular flexibility index (Phi) is 6.04. The van der Waals surface area contributed by atoms with Gasteiger partial charge in [-0.1, -0.05) is 11.2 Å². The highest BCUT2D eigenvalue weighted by atomic mass is 19.4. The lowest BCUT2D eigenvalue weighted by molar-refractivity contribution is -0.159. The van der Waals surface area contributed by atoms with Crippen molar-refractivity contribution in [3.8, 4) is 11.4 Å². The quantitative estimate of drug-likeness (QED) is 0.590. The number of alkyl halides is 3. The first-order valence-corrected chi connectivity index (χ1v) is 8.51. The van der Waals surface area contributed by atoms with Crippen molar-refractivity contribution in [3.05, 3.63) is 53.6 Å². The van der Waals surface area contributed by atoms with E-state index in [1.165, 1.54) is 0 Å². The van der Waals surface area contributed by atoms with Gasteiger partial charge < -0.3 is 14.2 Å². The standard InChI is InChI=1S/C18H14F5N5O3/c1-28(2)15-9(4-3-5-24-15)8-30-17(29)25-13-11(19)6-10(7-12(13)20)14-26-16(31-27-14)18(21,22)23/h3-7H,8H2,1-2H3,(H,25,29). The van der Waals surface area contributed by atoms with Crippen LogP contribution in [0.3, 0.4) is 0 Å². The van der Waals surface area contributed by atoms with E-state index in [4.69, 9.17) is 4.74 Å². The summed E-state index contributed by atoms with van der Waals surface area (Å²) in [5.74, 6) is -4.36. The van der Waals surface area contributed by atoms with Gasteiger partial charge in [0.1, 0.15) is 18.1 Å². The third-order valence-corrected chi connectivity index (χ3v) is 3.85. The first kappa shape index (κ1) is 21.9. The zero-order chi connectivity index (χ0) is 22.8. The molecule has 0 bridgehead atoms. The number of anilines is 2. The van der Waals surface area contributed by atoms with Crippen molar-refractivity contribution in [2.24, 2.45) is 0 Å². The van der Waals surface area contributed by atoms with Crippen molar-refractivity contribution in [2.45, 2.75) is 12.8 Å². The number of carbonyl (C=O) groups excluding carboxylic acids is 1. The molecule has 0 aliphatic rings. The lowest BCUT2D eigenvalue weighted by atomic mass is 10.1. The molecule has 2 aromatic heterocycles. The first-order valence-electron chi connectivity index (χ1n) is 8.51. The smallest absolute Gasteiger partial charge is 0.444 e. The van der Waals surface area contributed by atoms with Crippen molar-refractivity contribution < 1.29 is 36.0 Å². The monoisotopic (exact) mass is 443 g/mol. The molecule has 0 aliphatic carbocycles. The van der Waals surface area contributed by atoms with Gasteiger partial charge in [0, 0.05) is 31.4 Å². The number of benzene rings is 1. The van der Waals surface area contributed by atoms with Gasteiger partial charge in [-0.05, 0) is 18.2 Å². The molecule has 1 aromatic carbocycles. The number of carbonyl (C=O) groups is 1. The number of halogens is 5. The number of ether oxygens (including phenoxy) is 1. The van der Waals surface area contributed by atoms with Crippen molar-refractivity contribution in [1.29, 1.82) is 0 Å². The van der Waals surface area contributed by atoms with E-state index in [1.54, 1.807) is 37.3 Å². The fourth-order valence-corrected chi connectivity index (χ4v) is 2.50. The molecule has 0 aliphatic heterocycles. The van der Waals surface area contributed by atoms with Gasteiger partial charge in [0.2, 0.25) is 5.82 Å². The molecule has 0 saturated carbocycles. The minimum atomic E-state index is -4.91.